The Morgan fingerprint density at radius 3 is 2.42 bits per heavy atom. The van der Waals surface area contributed by atoms with Crippen molar-refractivity contribution in [2.24, 2.45) is 0 Å². The predicted octanol–water partition coefficient (Wildman–Crippen LogP) is 8.23. The molecule has 6 aromatic rings. The van der Waals surface area contributed by atoms with Gasteiger partial charge in [0.25, 0.3) is 0 Å². The van der Waals surface area contributed by atoms with Crippen LogP contribution in [0.2, 0.25) is 0 Å². The van der Waals surface area contributed by atoms with Crippen LogP contribution in [0.15, 0.2) is 85.3 Å². The van der Waals surface area contributed by atoms with E-state index in [1.807, 2.05) is 94.8 Å². The molecule has 3 heterocycles. The zero-order valence-corrected chi connectivity index (χ0v) is 25.7. The second kappa shape index (κ2) is 11.0. The van der Waals surface area contributed by atoms with E-state index in [-0.39, 0.29) is 6.42 Å². The second-order valence-corrected chi connectivity index (χ2v) is 12.5. The van der Waals surface area contributed by atoms with Crippen molar-refractivity contribution >= 4 is 27.6 Å². The Morgan fingerprint density at radius 2 is 1.69 bits per heavy atom. The largest absolute Gasteiger partial charge is 0.492 e. The summed E-state index contributed by atoms with van der Waals surface area (Å²) < 4.78 is 12.7. The smallest absolute Gasteiger partial charge is 0.307 e. The molecule has 7 heteroatoms. The van der Waals surface area contributed by atoms with Gasteiger partial charge in [0.1, 0.15) is 17.1 Å². The average molecular weight is 596 g/mol. The molecule has 7 rings (SSSR count). The van der Waals surface area contributed by atoms with Crippen molar-refractivity contribution in [3.63, 3.8) is 0 Å². The summed E-state index contributed by atoms with van der Waals surface area (Å²) in [5, 5.41) is 12.9. The first-order chi connectivity index (χ1) is 21.7. The van der Waals surface area contributed by atoms with Gasteiger partial charge in [-0.05, 0) is 78.4 Å². The molecule has 0 saturated heterocycles. The van der Waals surface area contributed by atoms with Gasteiger partial charge in [0.15, 0.2) is 5.82 Å². The molecule has 4 aromatic carbocycles. The minimum absolute atomic E-state index is 0.137. The van der Waals surface area contributed by atoms with Gasteiger partial charge >= 0.3 is 5.97 Å². The minimum Gasteiger partial charge on any atom is -0.492 e. The normalized spacial score (nSPS) is 12.7. The molecule has 0 fully saturated rings. The van der Waals surface area contributed by atoms with Crippen molar-refractivity contribution in [1.82, 2.24) is 15.0 Å². The van der Waals surface area contributed by atoms with Gasteiger partial charge in [-0.3, -0.25) is 9.78 Å². The first kappa shape index (κ1) is 28.5. The molecular weight excluding hydrogens is 562 g/mol. The number of aliphatic carboxylic acids is 1. The molecule has 0 bridgehead atoms. The monoisotopic (exact) mass is 595 g/mol. The van der Waals surface area contributed by atoms with Crippen molar-refractivity contribution in [3.8, 4) is 45.1 Å². The Morgan fingerprint density at radius 1 is 0.911 bits per heavy atom. The number of pyridine rings is 1. The number of carboxylic acid groups (broad SMARTS) is 1. The summed E-state index contributed by atoms with van der Waals surface area (Å²) in [5.41, 5.74) is 7.41. The van der Waals surface area contributed by atoms with Gasteiger partial charge in [0.05, 0.1) is 24.1 Å². The molecule has 0 amide bonds. The molecule has 0 atom stereocenters. The quantitative estimate of drug-likeness (QED) is 0.207. The van der Waals surface area contributed by atoms with E-state index in [2.05, 4.69) is 28.2 Å². The Balaban J connectivity index is 1.48. The second-order valence-electron chi connectivity index (χ2n) is 12.5. The number of hydrogen-bond acceptors (Lipinski definition) is 6. The highest BCUT2D eigenvalue weighted by atomic mass is 16.5. The Labute approximate surface area is 261 Å². The maximum absolute atomic E-state index is 12.3. The van der Waals surface area contributed by atoms with Crippen LogP contribution in [0.25, 0.3) is 55.3 Å². The molecular formula is C38H33N3O4. The van der Waals surface area contributed by atoms with E-state index in [0.717, 1.165) is 78.4 Å². The molecule has 1 aliphatic rings. The average Bonchev–Trinajstić information content (AvgIpc) is 3.02. The van der Waals surface area contributed by atoms with Crippen LogP contribution < -0.4 is 9.47 Å². The van der Waals surface area contributed by atoms with Crippen LogP contribution in [-0.4, -0.2) is 38.2 Å². The third kappa shape index (κ3) is 5.35. The van der Waals surface area contributed by atoms with E-state index in [0.29, 0.717) is 18.2 Å². The number of carbonyl (C=O) groups is 1. The number of ether oxygens (including phenoxy) is 2. The number of rotatable bonds is 6. The fourth-order valence-electron chi connectivity index (χ4n) is 6.24. The van der Waals surface area contributed by atoms with Crippen molar-refractivity contribution < 1.29 is 19.4 Å². The van der Waals surface area contributed by atoms with Gasteiger partial charge in [0, 0.05) is 47.6 Å². The lowest BCUT2D eigenvalue weighted by Gasteiger charge is -2.28. The maximum atomic E-state index is 12.3. The van der Waals surface area contributed by atoms with Crippen LogP contribution in [0.3, 0.4) is 0 Å². The SMILES string of the molecule is Cc1cc2cc(-c3cnc(-c4ccccc4)nc3)ccc2c(-c2c(OC(C)(C)C)cc3c4c(ccnc24)CCO3)c1CC(=O)O. The summed E-state index contributed by atoms with van der Waals surface area (Å²) in [4.78, 5) is 26.4. The van der Waals surface area contributed by atoms with Gasteiger partial charge < -0.3 is 14.6 Å². The topological polar surface area (TPSA) is 94.4 Å². The lowest BCUT2D eigenvalue weighted by Crippen LogP contribution is -2.24. The van der Waals surface area contributed by atoms with E-state index in [1.54, 1.807) is 0 Å². The van der Waals surface area contributed by atoms with Crippen LogP contribution in [0.4, 0.5) is 0 Å². The zero-order valence-electron chi connectivity index (χ0n) is 25.7. The summed E-state index contributed by atoms with van der Waals surface area (Å²) >= 11 is 0. The number of carboxylic acids is 1. The van der Waals surface area contributed by atoms with Crippen LogP contribution >= 0.6 is 0 Å². The summed E-state index contributed by atoms with van der Waals surface area (Å²) in [6.07, 6.45) is 6.14. The highest BCUT2D eigenvalue weighted by Crippen LogP contribution is 2.48. The molecule has 0 aliphatic carbocycles. The molecule has 7 nitrogen and oxygen atoms in total. The van der Waals surface area contributed by atoms with E-state index >= 15 is 0 Å². The Bertz CT molecular complexity index is 2100. The number of nitrogens with zero attached hydrogens (tertiary/aromatic N) is 3. The third-order valence-corrected chi connectivity index (χ3v) is 8.14. The van der Waals surface area contributed by atoms with E-state index in [9.17, 15) is 9.90 Å². The molecule has 0 radical (unpaired) electrons. The lowest BCUT2D eigenvalue weighted by molar-refractivity contribution is -0.136. The van der Waals surface area contributed by atoms with Crippen molar-refractivity contribution in [2.75, 3.05) is 6.61 Å². The molecule has 224 valence electrons. The van der Waals surface area contributed by atoms with E-state index < -0.39 is 11.6 Å². The number of aromatic nitrogens is 3. The summed E-state index contributed by atoms with van der Waals surface area (Å²) in [7, 11) is 0. The number of fused-ring (bicyclic) bond motifs is 1. The predicted molar refractivity (Wildman–Crippen MR) is 177 cm³/mol. The van der Waals surface area contributed by atoms with Crippen LogP contribution in [0.1, 0.15) is 37.5 Å². The van der Waals surface area contributed by atoms with Gasteiger partial charge in [-0.15, -0.1) is 0 Å². The minimum atomic E-state index is -0.900. The van der Waals surface area contributed by atoms with Crippen molar-refractivity contribution in [3.05, 3.63) is 102 Å². The molecule has 1 N–H and O–H groups in total. The first-order valence-corrected chi connectivity index (χ1v) is 15.1. The van der Waals surface area contributed by atoms with E-state index in [1.165, 1.54) is 0 Å². The Kier molecular flexibility index (Phi) is 6.96. The summed E-state index contributed by atoms with van der Waals surface area (Å²) in [5.74, 6) is 1.12. The number of aryl methyl sites for hydroxylation is 1. The highest BCUT2D eigenvalue weighted by Gasteiger charge is 2.28. The lowest BCUT2D eigenvalue weighted by atomic mass is 9.85. The standard InChI is InChI=1S/C38H33N3O4/c1-22-16-26-17-25(27-20-40-37(41-21-27)24-8-6-5-7-9-24)10-11-28(26)34(29(22)18-32(42)43)35-31(45-38(2,3)4)19-30-33-23(13-15-44-30)12-14-39-36(33)35/h5-12,14,16-17,19-21H,13,15,18H2,1-4H3,(H,42,43). The molecule has 2 aromatic heterocycles. The highest BCUT2D eigenvalue weighted by molar-refractivity contribution is 6.11. The molecule has 0 spiro atoms. The fraction of sp³-hybridized carbons (Fsp3) is 0.211. The Hall–Kier alpha value is -5.30. The van der Waals surface area contributed by atoms with Crippen molar-refractivity contribution in [1.29, 1.82) is 0 Å². The summed E-state index contributed by atoms with van der Waals surface area (Å²) in [6.45, 7) is 8.55. The molecule has 0 unspecified atom stereocenters. The number of benzene rings is 4. The molecule has 1 aliphatic heterocycles. The molecule has 45 heavy (non-hydrogen) atoms. The van der Waals surface area contributed by atoms with Crippen molar-refractivity contribution in [2.45, 2.75) is 46.1 Å². The van der Waals surface area contributed by atoms with Gasteiger partial charge in [0.2, 0.25) is 0 Å². The van der Waals surface area contributed by atoms with Gasteiger partial charge in [-0.25, -0.2) is 9.97 Å². The number of hydrogen-bond donors (Lipinski definition) is 1. The fourth-order valence-corrected chi connectivity index (χ4v) is 6.24. The summed E-state index contributed by atoms with van der Waals surface area (Å²) in [6, 6.07) is 22.2. The van der Waals surface area contributed by atoms with Crippen LogP contribution in [0.5, 0.6) is 11.5 Å². The van der Waals surface area contributed by atoms with Crippen LogP contribution in [-0.2, 0) is 17.6 Å². The van der Waals surface area contributed by atoms with Gasteiger partial charge in [-0.2, -0.15) is 0 Å². The van der Waals surface area contributed by atoms with E-state index in [4.69, 9.17) is 14.5 Å². The zero-order chi connectivity index (χ0) is 31.3. The van der Waals surface area contributed by atoms with Gasteiger partial charge in [-0.1, -0.05) is 48.5 Å². The molecule has 0 saturated carbocycles. The van der Waals surface area contributed by atoms with Crippen LogP contribution in [0, 0.1) is 6.92 Å². The third-order valence-electron chi connectivity index (χ3n) is 8.14. The first-order valence-electron chi connectivity index (χ1n) is 15.1. The maximum Gasteiger partial charge on any atom is 0.307 e.